The normalized spacial score (nSPS) is 19.6. The molecule has 5 heteroatoms. The number of fused-ring (bicyclic) bond motifs is 2. The zero-order chi connectivity index (χ0) is 16.7. The van der Waals surface area contributed by atoms with E-state index in [2.05, 4.69) is 29.3 Å². The lowest BCUT2D eigenvalue weighted by atomic mass is 9.91. The van der Waals surface area contributed by atoms with Crippen LogP contribution in [0.2, 0.25) is 0 Å². The number of nitrogens with zero attached hydrogens (tertiary/aromatic N) is 2. The van der Waals surface area contributed by atoms with Crippen LogP contribution in [0.5, 0.6) is 5.75 Å². The second-order valence-corrected chi connectivity index (χ2v) is 6.73. The predicted octanol–water partition coefficient (Wildman–Crippen LogP) is 3.06. The molecule has 126 valence electrons. The lowest BCUT2D eigenvalue weighted by Gasteiger charge is -2.35. The topological polar surface area (TPSA) is 58.2 Å². The van der Waals surface area contributed by atoms with Crippen molar-refractivity contribution in [2.24, 2.45) is 0 Å². The van der Waals surface area contributed by atoms with Crippen molar-refractivity contribution in [2.75, 3.05) is 13.7 Å². The van der Waals surface area contributed by atoms with Crippen molar-refractivity contribution in [1.82, 2.24) is 15.1 Å². The number of aromatic amines is 1. The molecule has 1 amide bonds. The van der Waals surface area contributed by atoms with E-state index >= 15 is 0 Å². The number of nitrogens with one attached hydrogen (secondary N) is 1. The van der Waals surface area contributed by atoms with E-state index in [0.717, 1.165) is 49.2 Å². The van der Waals surface area contributed by atoms with Gasteiger partial charge in [-0.25, -0.2) is 0 Å². The lowest BCUT2D eigenvalue weighted by molar-refractivity contribution is 0.0670. The number of aryl methyl sites for hydroxylation is 1. The molecule has 0 radical (unpaired) electrons. The minimum absolute atomic E-state index is 0.0345. The first kappa shape index (κ1) is 15.2. The van der Waals surface area contributed by atoms with Gasteiger partial charge in [-0.1, -0.05) is 6.07 Å². The first-order chi connectivity index (χ1) is 11.7. The minimum atomic E-state index is 0.0345. The molecule has 1 aromatic heterocycles. The van der Waals surface area contributed by atoms with Gasteiger partial charge >= 0.3 is 0 Å². The van der Waals surface area contributed by atoms with E-state index in [0.29, 0.717) is 5.69 Å². The molecule has 1 aliphatic carbocycles. The van der Waals surface area contributed by atoms with Gasteiger partial charge in [0.05, 0.1) is 13.2 Å². The Morgan fingerprint density at radius 3 is 2.96 bits per heavy atom. The van der Waals surface area contributed by atoms with Crippen LogP contribution in [-0.2, 0) is 19.3 Å². The van der Waals surface area contributed by atoms with E-state index in [4.69, 9.17) is 4.74 Å². The zero-order valence-corrected chi connectivity index (χ0v) is 14.3. The molecule has 1 aromatic carbocycles. The van der Waals surface area contributed by atoms with Gasteiger partial charge in [0.15, 0.2) is 5.69 Å². The molecule has 1 atom stereocenters. The van der Waals surface area contributed by atoms with E-state index < -0.39 is 0 Å². The molecule has 2 aliphatic rings. The van der Waals surface area contributed by atoms with Gasteiger partial charge in [-0.05, 0) is 62.3 Å². The molecule has 1 aliphatic heterocycles. The summed E-state index contributed by atoms with van der Waals surface area (Å²) in [7, 11) is 1.67. The first-order valence-electron chi connectivity index (χ1n) is 8.73. The van der Waals surface area contributed by atoms with Crippen LogP contribution in [0.3, 0.4) is 0 Å². The van der Waals surface area contributed by atoms with Crippen molar-refractivity contribution in [3.05, 3.63) is 46.3 Å². The molecule has 0 saturated heterocycles. The molecule has 4 rings (SSSR count). The molecule has 0 spiro atoms. The van der Waals surface area contributed by atoms with Crippen LogP contribution in [0.4, 0.5) is 0 Å². The largest absolute Gasteiger partial charge is 0.497 e. The Hall–Kier alpha value is -2.30. The number of aromatic nitrogens is 2. The highest BCUT2D eigenvalue weighted by Crippen LogP contribution is 2.34. The maximum atomic E-state index is 13.1. The number of carbonyl (C=O) groups excluding carboxylic acids is 1. The third-order valence-electron chi connectivity index (χ3n) is 5.41. The summed E-state index contributed by atoms with van der Waals surface area (Å²) in [4.78, 5) is 15.1. The van der Waals surface area contributed by atoms with Crippen LogP contribution in [-0.4, -0.2) is 34.7 Å². The molecular weight excluding hydrogens is 302 g/mol. The predicted molar refractivity (Wildman–Crippen MR) is 91.4 cm³/mol. The maximum absolute atomic E-state index is 13.1. The fraction of sp³-hybridized carbons (Fsp3) is 0.474. The highest BCUT2D eigenvalue weighted by molar-refractivity contribution is 5.94. The third kappa shape index (κ3) is 2.39. The van der Waals surface area contributed by atoms with Crippen LogP contribution < -0.4 is 4.74 Å². The molecule has 2 aromatic rings. The Balaban J connectivity index is 1.65. The van der Waals surface area contributed by atoms with Gasteiger partial charge < -0.3 is 9.64 Å². The van der Waals surface area contributed by atoms with Crippen molar-refractivity contribution < 1.29 is 9.53 Å². The van der Waals surface area contributed by atoms with Gasteiger partial charge in [-0.15, -0.1) is 0 Å². The number of methoxy groups -OCH3 is 1. The van der Waals surface area contributed by atoms with Crippen LogP contribution in [0, 0.1) is 0 Å². The molecule has 2 heterocycles. The third-order valence-corrected chi connectivity index (χ3v) is 5.41. The summed E-state index contributed by atoms with van der Waals surface area (Å²) in [5.41, 5.74) is 5.39. The Bertz CT molecular complexity index is 781. The first-order valence-corrected chi connectivity index (χ1v) is 8.73. The number of ether oxygens (including phenoxy) is 1. The summed E-state index contributed by atoms with van der Waals surface area (Å²) >= 11 is 0. The number of amides is 1. The van der Waals surface area contributed by atoms with Crippen LogP contribution in [0.1, 0.15) is 58.7 Å². The van der Waals surface area contributed by atoms with Crippen molar-refractivity contribution in [1.29, 1.82) is 0 Å². The SMILES string of the molecule is COc1ccc2c(c1)C(C)N(C(=O)c1n[nH]c3c1CCCC3)CC2. The summed E-state index contributed by atoms with van der Waals surface area (Å²) in [5, 5.41) is 7.44. The zero-order valence-electron chi connectivity index (χ0n) is 14.3. The summed E-state index contributed by atoms with van der Waals surface area (Å²) in [6, 6.07) is 6.20. The highest BCUT2D eigenvalue weighted by Gasteiger charge is 2.32. The Labute approximate surface area is 142 Å². The monoisotopic (exact) mass is 325 g/mol. The van der Waals surface area contributed by atoms with E-state index in [1.165, 1.54) is 17.5 Å². The van der Waals surface area contributed by atoms with E-state index in [9.17, 15) is 4.79 Å². The van der Waals surface area contributed by atoms with Crippen molar-refractivity contribution >= 4 is 5.91 Å². The lowest BCUT2D eigenvalue weighted by Crippen LogP contribution is -2.39. The summed E-state index contributed by atoms with van der Waals surface area (Å²) in [6.45, 7) is 2.83. The molecule has 0 saturated carbocycles. The molecule has 0 bridgehead atoms. The van der Waals surface area contributed by atoms with Gasteiger partial charge in [0.1, 0.15) is 5.75 Å². The molecule has 0 fully saturated rings. The Kier molecular flexibility index (Phi) is 3.79. The van der Waals surface area contributed by atoms with Crippen molar-refractivity contribution in [2.45, 2.75) is 45.1 Å². The second kappa shape index (κ2) is 5.96. The second-order valence-electron chi connectivity index (χ2n) is 6.73. The van der Waals surface area contributed by atoms with Crippen molar-refractivity contribution in [3.8, 4) is 5.75 Å². The number of H-pyrrole nitrogens is 1. The summed E-state index contributed by atoms with van der Waals surface area (Å²) < 4.78 is 5.35. The fourth-order valence-electron chi connectivity index (χ4n) is 3.99. The van der Waals surface area contributed by atoms with Crippen molar-refractivity contribution in [3.63, 3.8) is 0 Å². The molecule has 5 nitrogen and oxygen atoms in total. The highest BCUT2D eigenvalue weighted by atomic mass is 16.5. The quantitative estimate of drug-likeness (QED) is 0.923. The van der Waals surface area contributed by atoms with Gasteiger partial charge in [0.25, 0.3) is 5.91 Å². The van der Waals surface area contributed by atoms with Gasteiger partial charge in [-0.3, -0.25) is 9.89 Å². The minimum Gasteiger partial charge on any atom is -0.497 e. The summed E-state index contributed by atoms with van der Waals surface area (Å²) in [6.07, 6.45) is 5.16. The number of hydrogen-bond acceptors (Lipinski definition) is 3. The van der Waals surface area contributed by atoms with Crippen LogP contribution in [0.15, 0.2) is 18.2 Å². The number of rotatable bonds is 2. The van der Waals surface area contributed by atoms with Gasteiger partial charge in [0, 0.05) is 17.8 Å². The average Bonchev–Trinajstić information content (AvgIpc) is 3.05. The molecule has 1 unspecified atom stereocenters. The number of carbonyl (C=O) groups is 1. The number of benzene rings is 1. The Morgan fingerprint density at radius 2 is 2.12 bits per heavy atom. The maximum Gasteiger partial charge on any atom is 0.275 e. The van der Waals surface area contributed by atoms with E-state index in [1.807, 2.05) is 11.0 Å². The standard InChI is InChI=1S/C19H23N3O2/c1-12-16-11-14(24-2)8-7-13(16)9-10-22(12)19(23)18-15-5-3-4-6-17(15)20-21-18/h7-8,11-12H,3-6,9-10H2,1-2H3,(H,20,21). The molecule has 1 N–H and O–H groups in total. The van der Waals surface area contributed by atoms with Crippen LogP contribution >= 0.6 is 0 Å². The fourth-order valence-corrected chi connectivity index (χ4v) is 3.99. The Morgan fingerprint density at radius 1 is 1.29 bits per heavy atom. The van der Waals surface area contributed by atoms with Gasteiger partial charge in [0.2, 0.25) is 0 Å². The summed E-state index contributed by atoms with van der Waals surface area (Å²) in [5.74, 6) is 0.891. The number of hydrogen-bond donors (Lipinski definition) is 1. The molecular formula is C19H23N3O2. The van der Waals surface area contributed by atoms with E-state index in [-0.39, 0.29) is 11.9 Å². The average molecular weight is 325 g/mol. The van der Waals surface area contributed by atoms with E-state index in [1.54, 1.807) is 7.11 Å². The van der Waals surface area contributed by atoms with Gasteiger partial charge in [-0.2, -0.15) is 5.10 Å². The smallest absolute Gasteiger partial charge is 0.275 e. The van der Waals surface area contributed by atoms with Crippen LogP contribution in [0.25, 0.3) is 0 Å². The molecule has 24 heavy (non-hydrogen) atoms.